The van der Waals surface area contributed by atoms with Crippen LogP contribution in [-0.2, 0) is 22.3 Å². The molecule has 1 aliphatic carbocycles. The van der Waals surface area contributed by atoms with Gasteiger partial charge in [-0.1, -0.05) is 6.07 Å². The number of hydrogen-bond acceptors (Lipinski definition) is 3. The maximum Gasteiger partial charge on any atom is 0.416 e. The van der Waals surface area contributed by atoms with Crippen molar-refractivity contribution in [3.63, 3.8) is 0 Å². The van der Waals surface area contributed by atoms with Crippen LogP contribution in [0.5, 0.6) is 0 Å². The van der Waals surface area contributed by atoms with E-state index in [1.54, 1.807) is 10.9 Å². The lowest BCUT2D eigenvalue weighted by molar-refractivity contribution is -0.137. The average molecular weight is 406 g/mol. The van der Waals surface area contributed by atoms with Crippen molar-refractivity contribution in [1.29, 1.82) is 0 Å². The fourth-order valence-corrected chi connectivity index (χ4v) is 3.53. The number of alkyl halides is 3. The summed E-state index contributed by atoms with van der Waals surface area (Å²) < 4.78 is 40.7. The zero-order chi connectivity index (χ0) is 20.8. The van der Waals surface area contributed by atoms with Crippen LogP contribution in [-0.4, -0.2) is 28.1 Å². The number of anilines is 2. The smallest absolute Gasteiger partial charge is 0.312 e. The number of halogens is 3. The minimum atomic E-state index is -4.49. The molecule has 9 heteroatoms. The van der Waals surface area contributed by atoms with Crippen LogP contribution in [0.15, 0.2) is 30.5 Å². The molecule has 1 aromatic carbocycles. The highest BCUT2D eigenvalue weighted by atomic mass is 19.4. The monoisotopic (exact) mass is 406 g/mol. The molecule has 29 heavy (non-hydrogen) atoms. The molecule has 2 aliphatic rings. The van der Waals surface area contributed by atoms with Crippen molar-refractivity contribution in [3.8, 4) is 0 Å². The van der Waals surface area contributed by atoms with Gasteiger partial charge in [-0.15, -0.1) is 0 Å². The zero-order valence-electron chi connectivity index (χ0n) is 15.9. The van der Waals surface area contributed by atoms with Crippen molar-refractivity contribution >= 4 is 23.3 Å². The van der Waals surface area contributed by atoms with Gasteiger partial charge in [0.25, 0.3) is 0 Å². The molecule has 154 valence electrons. The predicted molar refractivity (Wildman–Crippen MR) is 100 cm³/mol. The Balaban J connectivity index is 1.47. The molecule has 2 fully saturated rings. The Labute approximate surface area is 165 Å². The topological polar surface area (TPSA) is 67.2 Å². The third-order valence-electron chi connectivity index (χ3n) is 5.37. The van der Waals surface area contributed by atoms with Gasteiger partial charge in [0.2, 0.25) is 11.8 Å². The SMILES string of the molecule is Cc1cnn(CC2CC2)c1NC(=O)C1CC(=O)N(c2cccc(C(F)(F)F)c2)C1. The molecule has 6 nitrogen and oxygen atoms in total. The second kappa shape index (κ2) is 7.20. The Hall–Kier alpha value is -2.84. The molecule has 4 rings (SSSR count). The second-order valence-corrected chi connectivity index (χ2v) is 7.74. The zero-order valence-corrected chi connectivity index (χ0v) is 15.9. The summed E-state index contributed by atoms with van der Waals surface area (Å²) >= 11 is 0. The molecule has 1 N–H and O–H groups in total. The Morgan fingerprint density at radius 1 is 1.31 bits per heavy atom. The van der Waals surface area contributed by atoms with Crippen LogP contribution in [0.2, 0.25) is 0 Å². The molecule has 2 aromatic rings. The highest BCUT2D eigenvalue weighted by Crippen LogP contribution is 2.34. The van der Waals surface area contributed by atoms with E-state index in [9.17, 15) is 22.8 Å². The van der Waals surface area contributed by atoms with Gasteiger partial charge in [0, 0.05) is 30.8 Å². The lowest BCUT2D eigenvalue weighted by atomic mass is 10.1. The summed E-state index contributed by atoms with van der Waals surface area (Å²) in [5, 5.41) is 7.17. The van der Waals surface area contributed by atoms with Gasteiger partial charge in [0.1, 0.15) is 5.82 Å². The maximum atomic E-state index is 13.0. The lowest BCUT2D eigenvalue weighted by Gasteiger charge is -2.18. The lowest BCUT2D eigenvalue weighted by Crippen LogP contribution is -2.29. The van der Waals surface area contributed by atoms with Crippen molar-refractivity contribution < 1.29 is 22.8 Å². The van der Waals surface area contributed by atoms with Crippen molar-refractivity contribution in [1.82, 2.24) is 9.78 Å². The quantitative estimate of drug-likeness (QED) is 0.825. The van der Waals surface area contributed by atoms with Crippen molar-refractivity contribution in [3.05, 3.63) is 41.6 Å². The van der Waals surface area contributed by atoms with Gasteiger partial charge in [0.05, 0.1) is 17.7 Å². The van der Waals surface area contributed by atoms with Crippen LogP contribution < -0.4 is 10.2 Å². The van der Waals surface area contributed by atoms with E-state index in [-0.39, 0.29) is 30.5 Å². The largest absolute Gasteiger partial charge is 0.416 e. The summed E-state index contributed by atoms with van der Waals surface area (Å²) in [4.78, 5) is 26.4. The second-order valence-electron chi connectivity index (χ2n) is 7.74. The first-order valence-electron chi connectivity index (χ1n) is 9.53. The van der Waals surface area contributed by atoms with Gasteiger partial charge in [-0.05, 0) is 43.9 Å². The molecule has 0 bridgehead atoms. The highest BCUT2D eigenvalue weighted by Gasteiger charge is 2.37. The standard InChI is InChI=1S/C20H21F3N4O2/c1-12-9-24-27(10-13-5-6-13)18(12)25-19(29)14-7-17(28)26(11-14)16-4-2-3-15(8-16)20(21,22)23/h2-4,8-9,13-14H,5-7,10-11H2,1H3,(H,25,29). The van der Waals surface area contributed by atoms with E-state index < -0.39 is 17.7 Å². The van der Waals surface area contributed by atoms with Gasteiger partial charge in [-0.25, -0.2) is 4.68 Å². The van der Waals surface area contributed by atoms with Gasteiger partial charge in [-0.2, -0.15) is 18.3 Å². The van der Waals surface area contributed by atoms with Gasteiger partial charge < -0.3 is 10.2 Å². The molecule has 0 spiro atoms. The third-order valence-corrected chi connectivity index (χ3v) is 5.37. The number of nitrogens with one attached hydrogen (secondary N) is 1. The molecule has 1 aromatic heterocycles. The first-order chi connectivity index (χ1) is 13.7. The number of carbonyl (C=O) groups excluding carboxylic acids is 2. The molecule has 2 heterocycles. The molecule has 1 atom stereocenters. The molecule has 0 radical (unpaired) electrons. The highest BCUT2D eigenvalue weighted by molar-refractivity contribution is 6.03. The minimum absolute atomic E-state index is 0.0434. The molecule has 2 amide bonds. The fourth-order valence-electron chi connectivity index (χ4n) is 3.53. The minimum Gasteiger partial charge on any atom is -0.312 e. The number of rotatable bonds is 5. The van der Waals surface area contributed by atoms with Crippen LogP contribution >= 0.6 is 0 Å². The van der Waals surface area contributed by atoms with E-state index in [2.05, 4.69) is 10.4 Å². The van der Waals surface area contributed by atoms with Gasteiger partial charge in [0.15, 0.2) is 0 Å². The first-order valence-corrected chi connectivity index (χ1v) is 9.53. The number of aryl methyl sites for hydroxylation is 1. The van der Waals surface area contributed by atoms with Crippen LogP contribution in [0.3, 0.4) is 0 Å². The fraction of sp³-hybridized carbons (Fsp3) is 0.450. The summed E-state index contributed by atoms with van der Waals surface area (Å²) in [6.07, 6.45) is -0.553. The number of benzene rings is 1. The van der Waals surface area contributed by atoms with E-state index in [0.29, 0.717) is 11.7 Å². The van der Waals surface area contributed by atoms with Crippen molar-refractivity contribution in [2.75, 3.05) is 16.8 Å². The van der Waals surface area contributed by atoms with E-state index >= 15 is 0 Å². The predicted octanol–water partition coefficient (Wildman–Crippen LogP) is 3.61. The van der Waals surface area contributed by atoms with Gasteiger partial charge >= 0.3 is 6.18 Å². The number of carbonyl (C=O) groups is 2. The number of amides is 2. The summed E-state index contributed by atoms with van der Waals surface area (Å²) in [5.41, 5.74) is 0.156. The number of aromatic nitrogens is 2. The summed E-state index contributed by atoms with van der Waals surface area (Å²) in [5.74, 6) is -0.136. The Morgan fingerprint density at radius 2 is 2.07 bits per heavy atom. The third kappa shape index (κ3) is 4.13. The normalized spacial score (nSPS) is 19.7. The Bertz CT molecular complexity index is 949. The average Bonchev–Trinajstić information content (AvgIpc) is 3.31. The Kier molecular flexibility index (Phi) is 4.84. The molecular weight excluding hydrogens is 385 g/mol. The van der Waals surface area contributed by atoms with Crippen LogP contribution in [0.1, 0.15) is 30.4 Å². The first kappa shape index (κ1) is 19.5. The molecule has 1 unspecified atom stereocenters. The van der Waals surface area contributed by atoms with Gasteiger partial charge in [-0.3, -0.25) is 9.59 Å². The van der Waals surface area contributed by atoms with E-state index in [4.69, 9.17) is 0 Å². The molecule has 1 aliphatic heterocycles. The van der Waals surface area contributed by atoms with E-state index in [1.807, 2.05) is 6.92 Å². The summed E-state index contributed by atoms with van der Waals surface area (Å²) in [7, 11) is 0. The van der Waals surface area contributed by atoms with Crippen LogP contribution in [0, 0.1) is 18.8 Å². The molecule has 1 saturated carbocycles. The van der Waals surface area contributed by atoms with Crippen molar-refractivity contribution in [2.24, 2.45) is 11.8 Å². The van der Waals surface area contributed by atoms with E-state index in [0.717, 1.165) is 37.1 Å². The maximum absolute atomic E-state index is 13.0. The number of nitrogens with zero attached hydrogens (tertiary/aromatic N) is 3. The molecular formula is C20H21F3N4O2. The van der Waals surface area contributed by atoms with Crippen LogP contribution in [0.4, 0.5) is 24.7 Å². The number of hydrogen-bond donors (Lipinski definition) is 1. The Morgan fingerprint density at radius 3 is 2.76 bits per heavy atom. The summed E-state index contributed by atoms with van der Waals surface area (Å²) in [6, 6.07) is 4.60. The molecule has 1 saturated heterocycles. The summed E-state index contributed by atoms with van der Waals surface area (Å²) in [6.45, 7) is 2.63. The van der Waals surface area contributed by atoms with Crippen LogP contribution in [0.25, 0.3) is 0 Å². The van der Waals surface area contributed by atoms with E-state index in [1.165, 1.54) is 17.0 Å². The van der Waals surface area contributed by atoms with Crippen molar-refractivity contribution in [2.45, 2.75) is 38.9 Å².